The smallest absolute Gasteiger partial charge is 0.224 e. The zero-order chi connectivity index (χ0) is 13.0. The number of benzene rings is 1. The summed E-state index contributed by atoms with van der Waals surface area (Å²) in [4.78, 5) is 11.6. The molecule has 0 aliphatic rings. The van der Waals surface area contributed by atoms with Crippen molar-refractivity contribution in [1.82, 2.24) is 5.32 Å². The van der Waals surface area contributed by atoms with Crippen LogP contribution >= 0.6 is 12.4 Å². The van der Waals surface area contributed by atoms with Crippen LogP contribution in [-0.4, -0.2) is 12.5 Å². The molecule has 0 heterocycles. The molecule has 18 heavy (non-hydrogen) atoms. The lowest BCUT2D eigenvalue weighted by molar-refractivity contribution is -0.124. The highest BCUT2D eigenvalue weighted by molar-refractivity contribution is 5.85. The Labute approximate surface area is 113 Å². The quantitative estimate of drug-likeness (QED) is 0.885. The Hall–Kier alpha value is -1.13. The first kappa shape index (κ1) is 16.9. The fourth-order valence-electron chi connectivity index (χ4n) is 1.48. The molecule has 102 valence electrons. The number of nitrogens with two attached hydrogens (primary N) is 1. The summed E-state index contributed by atoms with van der Waals surface area (Å²) in [5.74, 6) is -0.524. The minimum absolute atomic E-state index is 0. The van der Waals surface area contributed by atoms with Crippen molar-refractivity contribution in [2.45, 2.75) is 26.8 Å². The van der Waals surface area contributed by atoms with Crippen molar-refractivity contribution in [2.75, 3.05) is 6.54 Å². The van der Waals surface area contributed by atoms with Gasteiger partial charge in [0.1, 0.15) is 5.82 Å². The van der Waals surface area contributed by atoms with E-state index in [-0.39, 0.29) is 36.1 Å². The summed E-state index contributed by atoms with van der Waals surface area (Å²) in [6.07, 6.45) is 0. The van der Waals surface area contributed by atoms with E-state index in [2.05, 4.69) is 5.32 Å². The molecule has 3 N–H and O–H groups in total. The summed E-state index contributed by atoms with van der Waals surface area (Å²) < 4.78 is 13.1. The lowest BCUT2D eigenvalue weighted by Gasteiger charge is -2.17. The highest BCUT2D eigenvalue weighted by Crippen LogP contribution is 2.16. The average Bonchev–Trinajstić information content (AvgIpc) is 2.31. The number of halogens is 2. The van der Waals surface area contributed by atoms with Crippen LogP contribution < -0.4 is 11.1 Å². The highest BCUT2D eigenvalue weighted by Gasteiger charge is 2.15. The fourth-order valence-corrected chi connectivity index (χ4v) is 1.48. The summed E-state index contributed by atoms with van der Waals surface area (Å²) in [6, 6.07) is 4.70. The first-order valence-corrected chi connectivity index (χ1v) is 5.72. The highest BCUT2D eigenvalue weighted by atomic mass is 35.5. The molecule has 3 nitrogen and oxygen atoms in total. The van der Waals surface area contributed by atoms with Crippen LogP contribution in [0.1, 0.15) is 31.0 Å². The van der Waals surface area contributed by atoms with Crippen molar-refractivity contribution in [3.63, 3.8) is 0 Å². The van der Waals surface area contributed by atoms with Gasteiger partial charge in [-0.15, -0.1) is 12.4 Å². The van der Waals surface area contributed by atoms with Crippen LogP contribution in [0.15, 0.2) is 18.2 Å². The van der Waals surface area contributed by atoms with Crippen molar-refractivity contribution in [3.8, 4) is 0 Å². The summed E-state index contributed by atoms with van der Waals surface area (Å²) in [5.41, 5.74) is 6.89. The second-order valence-electron chi connectivity index (χ2n) is 4.38. The SMILES string of the molecule is Cc1cc(C(C)NC(=O)C(C)CN)ccc1F.Cl. The molecule has 2 unspecified atom stereocenters. The van der Waals surface area contributed by atoms with Crippen LogP contribution in [0.25, 0.3) is 0 Å². The maximum atomic E-state index is 13.1. The Morgan fingerprint density at radius 1 is 1.44 bits per heavy atom. The van der Waals surface area contributed by atoms with Crippen molar-refractivity contribution in [2.24, 2.45) is 11.7 Å². The van der Waals surface area contributed by atoms with Gasteiger partial charge in [0.05, 0.1) is 6.04 Å². The van der Waals surface area contributed by atoms with Crippen LogP contribution in [0.5, 0.6) is 0 Å². The van der Waals surface area contributed by atoms with Gasteiger partial charge in [-0.3, -0.25) is 4.79 Å². The van der Waals surface area contributed by atoms with E-state index >= 15 is 0 Å². The number of aryl methyl sites for hydroxylation is 1. The van der Waals surface area contributed by atoms with Gasteiger partial charge in [-0.1, -0.05) is 19.1 Å². The molecule has 1 rings (SSSR count). The van der Waals surface area contributed by atoms with Gasteiger partial charge in [-0.05, 0) is 31.0 Å². The molecule has 0 spiro atoms. The average molecular weight is 275 g/mol. The molecule has 0 fully saturated rings. The van der Waals surface area contributed by atoms with Crippen molar-refractivity contribution in [3.05, 3.63) is 35.1 Å². The molecule has 2 atom stereocenters. The van der Waals surface area contributed by atoms with E-state index in [1.165, 1.54) is 6.07 Å². The lowest BCUT2D eigenvalue weighted by atomic mass is 10.0. The number of hydrogen-bond acceptors (Lipinski definition) is 2. The van der Waals surface area contributed by atoms with Gasteiger partial charge >= 0.3 is 0 Å². The van der Waals surface area contributed by atoms with Gasteiger partial charge in [0.25, 0.3) is 0 Å². The number of carbonyl (C=O) groups is 1. The number of rotatable bonds is 4. The fraction of sp³-hybridized carbons (Fsp3) is 0.462. The maximum absolute atomic E-state index is 13.1. The molecule has 0 saturated carbocycles. The van der Waals surface area contributed by atoms with Crippen molar-refractivity contribution in [1.29, 1.82) is 0 Å². The van der Waals surface area contributed by atoms with E-state index in [1.807, 2.05) is 6.92 Å². The largest absolute Gasteiger partial charge is 0.349 e. The number of carbonyl (C=O) groups excluding carboxylic acids is 1. The molecular formula is C13H20ClFN2O. The zero-order valence-electron chi connectivity index (χ0n) is 10.9. The Bertz CT molecular complexity index is 412. The normalized spacial score (nSPS) is 13.4. The Morgan fingerprint density at radius 3 is 2.56 bits per heavy atom. The molecule has 5 heteroatoms. The van der Waals surface area contributed by atoms with E-state index < -0.39 is 0 Å². The molecule has 0 radical (unpaired) electrons. The van der Waals surface area contributed by atoms with Gasteiger partial charge in [-0.2, -0.15) is 0 Å². The van der Waals surface area contributed by atoms with Crippen LogP contribution in [-0.2, 0) is 4.79 Å². The number of nitrogens with one attached hydrogen (secondary N) is 1. The summed E-state index contributed by atoms with van der Waals surface area (Å²) in [5, 5.41) is 2.85. The van der Waals surface area contributed by atoms with Crippen LogP contribution in [0, 0.1) is 18.7 Å². The van der Waals surface area contributed by atoms with E-state index in [1.54, 1.807) is 26.0 Å². The zero-order valence-corrected chi connectivity index (χ0v) is 11.7. The van der Waals surface area contributed by atoms with Gasteiger partial charge in [0.15, 0.2) is 0 Å². The van der Waals surface area contributed by atoms with E-state index in [4.69, 9.17) is 5.73 Å². The van der Waals surface area contributed by atoms with Gasteiger partial charge in [0, 0.05) is 12.5 Å². The van der Waals surface area contributed by atoms with E-state index in [0.29, 0.717) is 12.1 Å². The van der Waals surface area contributed by atoms with Gasteiger partial charge in [-0.25, -0.2) is 4.39 Å². The third-order valence-corrected chi connectivity index (χ3v) is 2.84. The van der Waals surface area contributed by atoms with Gasteiger partial charge < -0.3 is 11.1 Å². The molecule has 0 saturated heterocycles. The summed E-state index contributed by atoms with van der Waals surface area (Å²) >= 11 is 0. The van der Waals surface area contributed by atoms with Gasteiger partial charge in [0.2, 0.25) is 5.91 Å². The molecule has 0 aliphatic heterocycles. The monoisotopic (exact) mass is 274 g/mol. The third-order valence-electron chi connectivity index (χ3n) is 2.84. The minimum atomic E-state index is -0.234. The number of amides is 1. The molecule has 1 amide bonds. The van der Waals surface area contributed by atoms with Crippen LogP contribution in [0.2, 0.25) is 0 Å². The second kappa shape index (κ2) is 7.34. The Morgan fingerprint density at radius 2 is 2.06 bits per heavy atom. The number of hydrogen-bond donors (Lipinski definition) is 2. The Kier molecular flexibility index (Phi) is 6.88. The second-order valence-corrected chi connectivity index (χ2v) is 4.38. The predicted molar refractivity (Wildman–Crippen MR) is 73.2 cm³/mol. The molecule has 1 aromatic carbocycles. The predicted octanol–water partition coefficient (Wildman–Crippen LogP) is 2.33. The first-order valence-electron chi connectivity index (χ1n) is 5.72. The molecule has 1 aromatic rings. The minimum Gasteiger partial charge on any atom is -0.349 e. The topological polar surface area (TPSA) is 55.1 Å². The molecular weight excluding hydrogens is 255 g/mol. The molecule has 0 aromatic heterocycles. The molecule has 0 aliphatic carbocycles. The van der Waals surface area contributed by atoms with Crippen molar-refractivity contribution < 1.29 is 9.18 Å². The van der Waals surface area contributed by atoms with E-state index in [0.717, 1.165) is 5.56 Å². The summed E-state index contributed by atoms with van der Waals surface area (Å²) in [7, 11) is 0. The third kappa shape index (κ3) is 4.27. The standard InChI is InChI=1S/C13H19FN2O.ClH/c1-8-6-11(4-5-12(8)14)10(3)16-13(17)9(2)7-15;/h4-6,9-10H,7,15H2,1-3H3,(H,16,17);1H. The Balaban J connectivity index is 0.00000289. The van der Waals surface area contributed by atoms with Crippen LogP contribution in [0.4, 0.5) is 4.39 Å². The lowest BCUT2D eigenvalue weighted by Crippen LogP contribution is -2.34. The van der Waals surface area contributed by atoms with E-state index in [9.17, 15) is 9.18 Å². The first-order chi connectivity index (χ1) is 7.95. The van der Waals surface area contributed by atoms with Crippen LogP contribution in [0.3, 0.4) is 0 Å². The molecule has 0 bridgehead atoms. The maximum Gasteiger partial charge on any atom is 0.224 e. The van der Waals surface area contributed by atoms with Crippen molar-refractivity contribution >= 4 is 18.3 Å². The summed E-state index contributed by atoms with van der Waals surface area (Å²) in [6.45, 7) is 5.67.